The fourth-order valence-electron chi connectivity index (χ4n) is 2.53. The molecule has 2 aromatic carbocycles. The molecule has 2 rings (SSSR count). The number of ether oxygens (including phenoxy) is 1. The SMILES string of the molecule is CCCN(Cc1cc(C)ccc1C)S(=O)c1ccccc1OC. The number of hydrogen-bond acceptors (Lipinski definition) is 2. The van der Waals surface area contributed by atoms with Crippen molar-refractivity contribution < 1.29 is 8.95 Å². The number of para-hydroxylation sites is 1. The van der Waals surface area contributed by atoms with Crippen molar-refractivity contribution in [3.8, 4) is 5.75 Å². The van der Waals surface area contributed by atoms with Crippen LogP contribution in [0.15, 0.2) is 47.4 Å². The summed E-state index contributed by atoms with van der Waals surface area (Å²) >= 11 is 0. The molecule has 4 heteroatoms. The van der Waals surface area contributed by atoms with E-state index in [1.54, 1.807) is 7.11 Å². The lowest BCUT2D eigenvalue weighted by Gasteiger charge is -2.22. The Morgan fingerprint density at radius 2 is 1.87 bits per heavy atom. The van der Waals surface area contributed by atoms with Crippen LogP contribution >= 0.6 is 0 Å². The number of nitrogens with zero attached hydrogens (tertiary/aromatic N) is 1. The molecule has 0 saturated heterocycles. The van der Waals surface area contributed by atoms with Gasteiger partial charge in [0.1, 0.15) is 16.7 Å². The van der Waals surface area contributed by atoms with Crippen molar-refractivity contribution in [2.75, 3.05) is 13.7 Å². The summed E-state index contributed by atoms with van der Waals surface area (Å²) in [6.45, 7) is 7.74. The Bertz CT molecular complexity index is 685. The van der Waals surface area contributed by atoms with Crippen LogP contribution in [0, 0.1) is 13.8 Å². The second kappa shape index (κ2) is 8.27. The molecular formula is C19H25NO2S. The standard InChI is InChI=1S/C19H25NO2S/c1-5-12-20(14-17-13-15(2)10-11-16(17)3)23(21)19-9-7-6-8-18(19)22-4/h6-11,13H,5,12,14H2,1-4H3. The highest BCUT2D eigenvalue weighted by atomic mass is 32.2. The van der Waals surface area contributed by atoms with Crippen molar-refractivity contribution in [3.05, 3.63) is 59.2 Å². The van der Waals surface area contributed by atoms with Crippen LogP contribution in [0.1, 0.15) is 30.0 Å². The second-order valence-corrected chi connectivity index (χ2v) is 7.15. The van der Waals surface area contributed by atoms with E-state index in [0.717, 1.165) is 17.9 Å². The summed E-state index contributed by atoms with van der Waals surface area (Å²) in [5.41, 5.74) is 3.68. The number of aryl methyl sites for hydroxylation is 2. The van der Waals surface area contributed by atoms with E-state index in [4.69, 9.17) is 4.74 Å². The van der Waals surface area contributed by atoms with Crippen molar-refractivity contribution in [2.24, 2.45) is 0 Å². The predicted octanol–water partition coefficient (Wildman–Crippen LogP) is 4.25. The number of hydrogen-bond donors (Lipinski definition) is 0. The quantitative estimate of drug-likeness (QED) is 0.759. The fourth-order valence-corrected chi connectivity index (χ4v) is 3.93. The van der Waals surface area contributed by atoms with Gasteiger partial charge in [-0.25, -0.2) is 8.51 Å². The van der Waals surface area contributed by atoms with Gasteiger partial charge in [0.15, 0.2) is 0 Å². The molecule has 0 N–H and O–H groups in total. The number of rotatable bonds is 7. The molecule has 1 unspecified atom stereocenters. The largest absolute Gasteiger partial charge is 0.495 e. The Balaban J connectivity index is 2.30. The molecule has 0 heterocycles. The molecule has 1 atom stereocenters. The third-order valence-corrected chi connectivity index (χ3v) is 5.31. The highest BCUT2D eigenvalue weighted by Gasteiger charge is 2.19. The topological polar surface area (TPSA) is 29.5 Å². The van der Waals surface area contributed by atoms with Crippen LogP contribution in [0.25, 0.3) is 0 Å². The summed E-state index contributed by atoms with van der Waals surface area (Å²) in [5.74, 6) is 0.674. The van der Waals surface area contributed by atoms with Gasteiger partial charge in [0.2, 0.25) is 0 Å². The lowest BCUT2D eigenvalue weighted by Crippen LogP contribution is -2.27. The number of methoxy groups -OCH3 is 1. The first-order chi connectivity index (χ1) is 11.1. The van der Waals surface area contributed by atoms with Crippen molar-refractivity contribution in [2.45, 2.75) is 38.6 Å². The minimum absolute atomic E-state index is 0.673. The van der Waals surface area contributed by atoms with Gasteiger partial charge in [-0.15, -0.1) is 0 Å². The summed E-state index contributed by atoms with van der Waals surface area (Å²) in [7, 11) is 0.376. The molecule has 0 aliphatic rings. The Kier molecular flexibility index (Phi) is 6.37. The summed E-state index contributed by atoms with van der Waals surface area (Å²) < 4.78 is 20.5. The van der Waals surface area contributed by atoms with Crippen LogP contribution in [-0.4, -0.2) is 22.2 Å². The van der Waals surface area contributed by atoms with E-state index in [0.29, 0.717) is 12.3 Å². The number of benzene rings is 2. The van der Waals surface area contributed by atoms with Gasteiger partial charge in [-0.3, -0.25) is 0 Å². The minimum atomic E-state index is -1.24. The molecule has 0 spiro atoms. The summed E-state index contributed by atoms with van der Waals surface area (Å²) in [6, 6.07) is 13.9. The Labute approximate surface area is 141 Å². The maximum Gasteiger partial charge on any atom is 0.136 e. The van der Waals surface area contributed by atoms with Crippen LogP contribution in [0.5, 0.6) is 5.75 Å². The highest BCUT2D eigenvalue weighted by Crippen LogP contribution is 2.25. The smallest absolute Gasteiger partial charge is 0.136 e. The average Bonchev–Trinajstić information content (AvgIpc) is 2.57. The van der Waals surface area contributed by atoms with E-state index in [1.807, 2.05) is 28.6 Å². The van der Waals surface area contributed by atoms with Crippen LogP contribution < -0.4 is 4.74 Å². The molecule has 0 radical (unpaired) electrons. The molecule has 0 fully saturated rings. The van der Waals surface area contributed by atoms with E-state index in [2.05, 4.69) is 39.0 Å². The lowest BCUT2D eigenvalue weighted by molar-refractivity contribution is 0.398. The Morgan fingerprint density at radius 3 is 2.57 bits per heavy atom. The third kappa shape index (κ3) is 4.43. The van der Waals surface area contributed by atoms with Crippen LogP contribution in [0.3, 0.4) is 0 Å². The Hall–Kier alpha value is -1.65. The van der Waals surface area contributed by atoms with E-state index >= 15 is 0 Å². The van der Waals surface area contributed by atoms with E-state index in [-0.39, 0.29) is 0 Å². The summed E-state index contributed by atoms with van der Waals surface area (Å²) in [6.07, 6.45) is 0.950. The van der Waals surface area contributed by atoms with Gasteiger partial charge in [-0.05, 0) is 43.5 Å². The summed E-state index contributed by atoms with van der Waals surface area (Å²) in [5, 5.41) is 0. The molecule has 0 aliphatic carbocycles. The molecule has 0 saturated carbocycles. The van der Waals surface area contributed by atoms with Crippen LogP contribution in [0.4, 0.5) is 0 Å². The molecule has 23 heavy (non-hydrogen) atoms. The van der Waals surface area contributed by atoms with Gasteiger partial charge in [-0.1, -0.05) is 42.8 Å². The first-order valence-corrected chi connectivity index (χ1v) is 9.03. The minimum Gasteiger partial charge on any atom is -0.495 e. The molecule has 0 bridgehead atoms. The zero-order valence-electron chi connectivity index (χ0n) is 14.3. The fraction of sp³-hybridized carbons (Fsp3) is 0.368. The maximum atomic E-state index is 13.1. The molecule has 2 aromatic rings. The zero-order valence-corrected chi connectivity index (χ0v) is 15.2. The summed E-state index contributed by atoms with van der Waals surface area (Å²) in [4.78, 5) is 0.730. The molecule has 124 valence electrons. The third-order valence-electron chi connectivity index (χ3n) is 3.82. The van der Waals surface area contributed by atoms with Crippen molar-refractivity contribution >= 4 is 11.0 Å². The monoisotopic (exact) mass is 331 g/mol. The van der Waals surface area contributed by atoms with Crippen molar-refractivity contribution in [3.63, 3.8) is 0 Å². The maximum absolute atomic E-state index is 13.1. The zero-order chi connectivity index (χ0) is 16.8. The average molecular weight is 331 g/mol. The molecular weight excluding hydrogens is 306 g/mol. The molecule has 0 amide bonds. The Morgan fingerprint density at radius 1 is 1.13 bits per heavy atom. The van der Waals surface area contributed by atoms with Gasteiger partial charge >= 0.3 is 0 Å². The molecule has 0 aliphatic heterocycles. The van der Waals surface area contributed by atoms with Gasteiger partial charge in [0.05, 0.1) is 12.0 Å². The van der Waals surface area contributed by atoms with Crippen LogP contribution in [0.2, 0.25) is 0 Å². The van der Waals surface area contributed by atoms with E-state index < -0.39 is 11.0 Å². The van der Waals surface area contributed by atoms with Gasteiger partial charge in [-0.2, -0.15) is 0 Å². The van der Waals surface area contributed by atoms with E-state index in [1.165, 1.54) is 16.7 Å². The van der Waals surface area contributed by atoms with Crippen molar-refractivity contribution in [1.82, 2.24) is 4.31 Å². The second-order valence-electron chi connectivity index (χ2n) is 5.69. The van der Waals surface area contributed by atoms with Gasteiger partial charge in [0.25, 0.3) is 0 Å². The predicted molar refractivity (Wildman–Crippen MR) is 96.0 cm³/mol. The van der Waals surface area contributed by atoms with Gasteiger partial charge in [0, 0.05) is 13.1 Å². The molecule has 0 aromatic heterocycles. The van der Waals surface area contributed by atoms with E-state index in [9.17, 15) is 4.21 Å². The first kappa shape index (κ1) is 17.7. The lowest BCUT2D eigenvalue weighted by atomic mass is 10.1. The van der Waals surface area contributed by atoms with Gasteiger partial charge < -0.3 is 4.74 Å². The van der Waals surface area contributed by atoms with Crippen molar-refractivity contribution in [1.29, 1.82) is 0 Å². The highest BCUT2D eigenvalue weighted by molar-refractivity contribution is 7.82. The normalized spacial score (nSPS) is 12.4. The first-order valence-electron chi connectivity index (χ1n) is 7.92. The molecule has 3 nitrogen and oxygen atoms in total. The van der Waals surface area contributed by atoms with Crippen LogP contribution in [-0.2, 0) is 17.5 Å².